The minimum atomic E-state index is -0.976. The molecule has 0 aliphatic carbocycles. The van der Waals surface area contributed by atoms with Crippen molar-refractivity contribution in [2.75, 3.05) is 30.5 Å². The molecule has 1 aliphatic heterocycles. The number of methoxy groups -OCH3 is 1. The van der Waals surface area contributed by atoms with Gasteiger partial charge >= 0.3 is 11.7 Å². The fourth-order valence-corrected chi connectivity index (χ4v) is 2.99. The Morgan fingerprint density at radius 1 is 1.41 bits per heavy atom. The van der Waals surface area contributed by atoms with Gasteiger partial charge in [-0.05, 0) is 11.6 Å². The number of benzene rings is 1. The Bertz CT molecular complexity index is 1230. The summed E-state index contributed by atoms with van der Waals surface area (Å²) in [6.45, 7) is -0.525. The number of carbonyl (C=O) groups is 1. The molecule has 0 radical (unpaired) electrons. The summed E-state index contributed by atoms with van der Waals surface area (Å²) < 4.78 is 9.64. The van der Waals surface area contributed by atoms with E-state index < -0.39 is 29.2 Å². The van der Waals surface area contributed by atoms with E-state index in [0.717, 1.165) is 7.11 Å². The number of nitriles is 2. The van der Waals surface area contributed by atoms with Gasteiger partial charge in [0.2, 0.25) is 5.96 Å². The van der Waals surface area contributed by atoms with Gasteiger partial charge in [0.1, 0.15) is 29.3 Å². The zero-order chi connectivity index (χ0) is 23.4. The molecular weight excluding hydrogens is 422 g/mol. The maximum Gasteiger partial charge on any atom is 0.343 e. The van der Waals surface area contributed by atoms with Gasteiger partial charge in [0.05, 0.1) is 17.7 Å². The number of hydrogen-bond acceptors (Lipinski definition) is 13. The molecule has 1 aliphatic rings. The Kier molecular flexibility index (Phi) is 5.88. The minimum absolute atomic E-state index is 0.00493. The number of nitro groups is 1. The first-order chi connectivity index (χ1) is 15.3. The highest BCUT2D eigenvalue weighted by Gasteiger charge is 2.31. The molecule has 1 aromatic heterocycles. The number of rotatable bonds is 5. The zero-order valence-corrected chi connectivity index (χ0v) is 16.4. The van der Waals surface area contributed by atoms with Gasteiger partial charge in [0.15, 0.2) is 18.5 Å². The van der Waals surface area contributed by atoms with Crippen LogP contribution in [0.15, 0.2) is 23.2 Å². The Morgan fingerprint density at radius 3 is 2.78 bits per heavy atom. The van der Waals surface area contributed by atoms with Crippen LogP contribution in [0.25, 0.3) is 0 Å². The Hall–Kier alpha value is -5.11. The second kappa shape index (κ2) is 8.72. The third kappa shape index (κ3) is 3.96. The van der Waals surface area contributed by atoms with E-state index in [1.165, 1.54) is 18.2 Å². The van der Waals surface area contributed by atoms with Gasteiger partial charge in [-0.3, -0.25) is 15.4 Å². The molecule has 0 saturated carbocycles. The van der Waals surface area contributed by atoms with Crippen molar-refractivity contribution in [3.63, 3.8) is 0 Å². The van der Waals surface area contributed by atoms with Crippen molar-refractivity contribution in [3.8, 4) is 18.0 Å². The van der Waals surface area contributed by atoms with Gasteiger partial charge in [0, 0.05) is 11.6 Å². The zero-order valence-electron chi connectivity index (χ0n) is 16.4. The number of hydrogen-bond donors (Lipinski definition) is 4. The van der Waals surface area contributed by atoms with Crippen LogP contribution in [0.1, 0.15) is 22.7 Å². The normalized spacial score (nSPS) is 14.0. The lowest BCUT2D eigenvalue weighted by atomic mass is 9.94. The summed E-state index contributed by atoms with van der Waals surface area (Å²) in [7, 11) is 1.16. The predicted molar refractivity (Wildman–Crippen MR) is 110 cm³/mol. The lowest BCUT2D eigenvalue weighted by molar-refractivity contribution is -0.385. The first kappa shape index (κ1) is 21.6. The van der Waals surface area contributed by atoms with Crippen molar-refractivity contribution in [2.45, 2.75) is 6.04 Å². The first-order valence-corrected chi connectivity index (χ1v) is 8.77. The van der Waals surface area contributed by atoms with Crippen LogP contribution in [0.4, 0.5) is 23.0 Å². The Morgan fingerprint density at radius 2 is 2.16 bits per heavy atom. The van der Waals surface area contributed by atoms with Crippen molar-refractivity contribution in [1.82, 2.24) is 10.3 Å². The van der Waals surface area contributed by atoms with Crippen molar-refractivity contribution in [2.24, 2.45) is 4.99 Å². The lowest BCUT2D eigenvalue weighted by Crippen LogP contribution is -2.32. The number of ether oxygens (including phenoxy) is 2. The van der Waals surface area contributed by atoms with Crippen LogP contribution >= 0.6 is 0 Å². The maximum absolute atomic E-state index is 11.6. The van der Waals surface area contributed by atoms with Crippen molar-refractivity contribution >= 4 is 34.9 Å². The predicted octanol–water partition coefficient (Wildman–Crippen LogP) is 0.519. The number of aliphatic imine (C=N–C) groups is 1. The molecule has 14 nitrogen and oxygen atoms in total. The molecule has 0 spiro atoms. The third-order valence-electron chi connectivity index (χ3n) is 4.43. The molecule has 0 fully saturated rings. The molecule has 2 aromatic rings. The standard InChI is InChI=1S/C18H15N9O5/c1-31-12(28)6-32-11-3-2-8(4-10(11)27(29)30)15-13-14(21)9(5-19)16(22)25-17(13)26-18(24-15)23-7-20/h2-4,15H,6H2,1H3,(H6,21,22,23,24,25,26). The molecule has 1 atom stereocenters. The van der Waals surface area contributed by atoms with E-state index in [4.69, 9.17) is 21.5 Å². The molecular formula is C18H15N9O5. The molecule has 14 heteroatoms. The number of nitrogen functional groups attached to an aromatic ring is 2. The highest BCUT2D eigenvalue weighted by molar-refractivity contribution is 5.98. The van der Waals surface area contributed by atoms with E-state index >= 15 is 0 Å². The number of nitrogens with one attached hydrogen (secondary N) is 2. The van der Waals surface area contributed by atoms with Crippen molar-refractivity contribution in [3.05, 3.63) is 45.0 Å². The van der Waals surface area contributed by atoms with Crippen LogP contribution in [0, 0.1) is 32.9 Å². The third-order valence-corrected chi connectivity index (χ3v) is 4.43. The Labute approximate surface area is 180 Å². The van der Waals surface area contributed by atoms with Crippen LogP contribution < -0.4 is 26.8 Å². The van der Waals surface area contributed by atoms with E-state index in [2.05, 4.69) is 25.3 Å². The number of anilines is 3. The number of carbonyl (C=O) groups excluding carboxylic acids is 1. The van der Waals surface area contributed by atoms with Crippen LogP contribution in [0.5, 0.6) is 5.75 Å². The van der Waals surface area contributed by atoms with Gasteiger partial charge in [-0.1, -0.05) is 6.07 Å². The highest BCUT2D eigenvalue weighted by Crippen LogP contribution is 2.42. The van der Waals surface area contributed by atoms with Crippen LogP contribution in [-0.2, 0) is 9.53 Å². The van der Waals surface area contributed by atoms with Gasteiger partial charge < -0.3 is 26.3 Å². The van der Waals surface area contributed by atoms with Crippen molar-refractivity contribution < 1.29 is 19.2 Å². The summed E-state index contributed by atoms with van der Waals surface area (Å²) in [5, 5.41) is 35.0. The number of esters is 1. The number of nitro benzene ring substituents is 1. The van der Waals surface area contributed by atoms with E-state index in [0.29, 0.717) is 0 Å². The number of fused-ring (bicyclic) bond motifs is 1. The Balaban J connectivity index is 2.15. The fourth-order valence-electron chi connectivity index (χ4n) is 2.99. The molecule has 1 aromatic carbocycles. The molecule has 1 unspecified atom stereocenters. The van der Waals surface area contributed by atoms with Crippen LogP contribution in [0.3, 0.4) is 0 Å². The second-order valence-corrected chi connectivity index (χ2v) is 6.25. The van der Waals surface area contributed by atoms with Gasteiger partial charge in [0.25, 0.3) is 0 Å². The van der Waals surface area contributed by atoms with Gasteiger partial charge in [-0.25, -0.2) is 14.8 Å². The SMILES string of the molecule is COC(=O)COc1ccc(C2N=C(NC#N)Nc3nc(N)c(C#N)c(N)c32)cc1[N+](=O)[O-]. The average Bonchev–Trinajstić information content (AvgIpc) is 2.77. The summed E-state index contributed by atoms with van der Waals surface area (Å²) >= 11 is 0. The molecule has 3 rings (SSSR count). The molecule has 0 amide bonds. The quantitative estimate of drug-likeness (QED) is 0.165. The largest absolute Gasteiger partial charge is 0.475 e. The summed E-state index contributed by atoms with van der Waals surface area (Å²) in [4.78, 5) is 30.7. The summed E-state index contributed by atoms with van der Waals surface area (Å²) in [5.74, 6) is -0.891. The molecule has 32 heavy (non-hydrogen) atoms. The van der Waals surface area contributed by atoms with Crippen LogP contribution in [0.2, 0.25) is 0 Å². The average molecular weight is 437 g/mol. The fraction of sp³-hybridized carbons (Fsp3) is 0.167. The maximum atomic E-state index is 11.6. The molecule has 2 heterocycles. The molecule has 0 saturated heterocycles. The molecule has 6 N–H and O–H groups in total. The smallest absolute Gasteiger partial charge is 0.343 e. The van der Waals surface area contributed by atoms with Gasteiger partial charge in [-0.15, -0.1) is 0 Å². The van der Waals surface area contributed by atoms with Crippen LogP contribution in [-0.4, -0.2) is 35.6 Å². The van der Waals surface area contributed by atoms with Crippen molar-refractivity contribution in [1.29, 1.82) is 10.5 Å². The number of pyridine rings is 1. The summed E-state index contributed by atoms with van der Waals surface area (Å²) in [6, 6.07) is 4.83. The highest BCUT2D eigenvalue weighted by atomic mass is 16.6. The van der Waals surface area contributed by atoms with E-state index in [1.807, 2.05) is 6.07 Å². The number of nitrogens with two attached hydrogens (primary N) is 2. The summed E-state index contributed by atoms with van der Waals surface area (Å²) in [6.07, 6.45) is 1.71. The molecule has 162 valence electrons. The number of aromatic nitrogens is 1. The number of guanidine groups is 1. The van der Waals surface area contributed by atoms with Gasteiger partial charge in [-0.2, -0.15) is 10.5 Å². The van der Waals surface area contributed by atoms with E-state index in [9.17, 15) is 20.2 Å². The monoisotopic (exact) mass is 437 g/mol. The van der Waals surface area contributed by atoms with E-state index in [-0.39, 0.29) is 45.7 Å². The summed E-state index contributed by atoms with van der Waals surface area (Å²) in [5.41, 5.74) is 11.9. The first-order valence-electron chi connectivity index (χ1n) is 8.77. The van der Waals surface area contributed by atoms with E-state index in [1.54, 1.807) is 6.19 Å². The second-order valence-electron chi connectivity index (χ2n) is 6.25. The lowest BCUT2D eigenvalue weighted by Gasteiger charge is -2.26. The topological polar surface area (TPSA) is 228 Å². The molecule has 0 bridgehead atoms. The number of nitrogens with zero attached hydrogens (tertiary/aromatic N) is 5. The minimum Gasteiger partial charge on any atom is -0.475 e.